The van der Waals surface area contributed by atoms with Crippen LogP contribution in [0.25, 0.3) is 0 Å². The maximum absolute atomic E-state index is 11.8. The van der Waals surface area contributed by atoms with Gasteiger partial charge in [0.1, 0.15) is 23.4 Å². The SMILES string of the molecule is Cc1cc2c(nc1N1CCC(Oc3ccc4c(c3)OCC(=O)N4)CC1)CNC2=O. The lowest BCUT2D eigenvalue weighted by molar-refractivity contribution is -0.118. The standard InChI is InChI=1S/C21H22N4O4/c1-12-8-15-17(10-22-21(15)27)24-20(12)25-6-4-13(5-7-25)29-14-2-3-16-18(9-14)28-11-19(26)23-16/h2-3,8-9,13H,4-7,10-11H2,1H3,(H,22,27)(H,23,26). The van der Waals surface area contributed by atoms with Gasteiger partial charge in [0.05, 0.1) is 23.5 Å². The molecule has 1 aromatic carbocycles. The Hall–Kier alpha value is -3.29. The third-order valence-electron chi connectivity index (χ3n) is 5.56. The van der Waals surface area contributed by atoms with Crippen molar-refractivity contribution in [2.24, 2.45) is 0 Å². The van der Waals surface area contributed by atoms with Crippen molar-refractivity contribution in [1.82, 2.24) is 10.3 Å². The number of piperidine rings is 1. The van der Waals surface area contributed by atoms with E-state index >= 15 is 0 Å². The first-order chi connectivity index (χ1) is 14.1. The number of carbonyl (C=O) groups excluding carboxylic acids is 2. The summed E-state index contributed by atoms with van der Waals surface area (Å²) < 4.78 is 11.6. The van der Waals surface area contributed by atoms with E-state index in [-0.39, 0.29) is 24.5 Å². The number of carbonyl (C=O) groups is 2. The highest BCUT2D eigenvalue weighted by atomic mass is 16.5. The highest BCUT2D eigenvalue weighted by molar-refractivity contribution is 5.98. The predicted molar refractivity (Wildman–Crippen MR) is 107 cm³/mol. The molecular weight excluding hydrogens is 372 g/mol. The number of aromatic nitrogens is 1. The first-order valence-electron chi connectivity index (χ1n) is 9.84. The molecule has 2 amide bonds. The molecule has 1 aromatic heterocycles. The Balaban J connectivity index is 1.24. The van der Waals surface area contributed by atoms with Gasteiger partial charge in [0, 0.05) is 32.0 Å². The zero-order valence-electron chi connectivity index (χ0n) is 16.2. The molecular formula is C21H22N4O4. The topological polar surface area (TPSA) is 92.8 Å². The molecule has 0 radical (unpaired) electrons. The fourth-order valence-corrected chi connectivity index (χ4v) is 4.06. The van der Waals surface area contributed by atoms with Crippen molar-refractivity contribution in [3.63, 3.8) is 0 Å². The van der Waals surface area contributed by atoms with Crippen molar-refractivity contribution in [3.05, 3.63) is 41.1 Å². The van der Waals surface area contributed by atoms with E-state index in [1.807, 2.05) is 31.2 Å². The van der Waals surface area contributed by atoms with Crippen LogP contribution in [0.1, 0.15) is 34.5 Å². The number of rotatable bonds is 3. The van der Waals surface area contributed by atoms with E-state index in [4.69, 9.17) is 14.5 Å². The van der Waals surface area contributed by atoms with Gasteiger partial charge in [0.2, 0.25) is 0 Å². The number of hydrogen-bond acceptors (Lipinski definition) is 6. The zero-order chi connectivity index (χ0) is 20.0. The third-order valence-corrected chi connectivity index (χ3v) is 5.56. The molecule has 5 rings (SSSR count). The Kier molecular flexibility index (Phi) is 4.26. The Bertz CT molecular complexity index is 998. The van der Waals surface area contributed by atoms with Crippen LogP contribution in [0, 0.1) is 6.92 Å². The molecule has 0 bridgehead atoms. The lowest BCUT2D eigenvalue weighted by Crippen LogP contribution is -2.39. The van der Waals surface area contributed by atoms with Gasteiger partial charge in [0.25, 0.3) is 11.8 Å². The van der Waals surface area contributed by atoms with Crippen LogP contribution in [0.2, 0.25) is 0 Å². The molecule has 1 fully saturated rings. The smallest absolute Gasteiger partial charge is 0.262 e. The molecule has 29 heavy (non-hydrogen) atoms. The summed E-state index contributed by atoms with van der Waals surface area (Å²) in [6, 6.07) is 7.44. The van der Waals surface area contributed by atoms with Crippen molar-refractivity contribution < 1.29 is 19.1 Å². The molecule has 0 spiro atoms. The number of nitrogens with zero attached hydrogens (tertiary/aromatic N) is 2. The van der Waals surface area contributed by atoms with Crippen molar-refractivity contribution in [2.75, 3.05) is 29.9 Å². The number of pyridine rings is 1. The number of fused-ring (bicyclic) bond motifs is 2. The van der Waals surface area contributed by atoms with Crippen LogP contribution in [-0.2, 0) is 11.3 Å². The summed E-state index contributed by atoms with van der Waals surface area (Å²) in [7, 11) is 0. The molecule has 0 aliphatic carbocycles. The first kappa shape index (κ1) is 17.8. The number of nitrogens with one attached hydrogen (secondary N) is 2. The van der Waals surface area contributed by atoms with E-state index in [2.05, 4.69) is 15.5 Å². The van der Waals surface area contributed by atoms with Gasteiger partial charge in [-0.3, -0.25) is 9.59 Å². The summed E-state index contributed by atoms with van der Waals surface area (Å²) in [4.78, 5) is 30.2. The van der Waals surface area contributed by atoms with Gasteiger partial charge < -0.3 is 25.0 Å². The van der Waals surface area contributed by atoms with E-state index in [1.54, 1.807) is 0 Å². The fourth-order valence-electron chi connectivity index (χ4n) is 4.06. The van der Waals surface area contributed by atoms with Crippen LogP contribution in [0.3, 0.4) is 0 Å². The summed E-state index contributed by atoms with van der Waals surface area (Å²) in [5.74, 6) is 2.16. The summed E-state index contributed by atoms with van der Waals surface area (Å²) >= 11 is 0. The minimum atomic E-state index is -0.144. The second kappa shape index (κ2) is 6.95. The van der Waals surface area contributed by atoms with Crippen LogP contribution in [0.15, 0.2) is 24.3 Å². The molecule has 8 nitrogen and oxygen atoms in total. The molecule has 8 heteroatoms. The number of hydrogen-bond donors (Lipinski definition) is 2. The van der Waals surface area contributed by atoms with Crippen LogP contribution in [0.4, 0.5) is 11.5 Å². The zero-order valence-corrected chi connectivity index (χ0v) is 16.2. The second-order valence-electron chi connectivity index (χ2n) is 7.60. The quantitative estimate of drug-likeness (QED) is 0.827. The van der Waals surface area contributed by atoms with Crippen molar-refractivity contribution in [1.29, 1.82) is 0 Å². The Morgan fingerprint density at radius 2 is 2.03 bits per heavy atom. The van der Waals surface area contributed by atoms with E-state index < -0.39 is 0 Å². The van der Waals surface area contributed by atoms with Gasteiger partial charge in [-0.15, -0.1) is 0 Å². The maximum Gasteiger partial charge on any atom is 0.262 e. The summed E-state index contributed by atoms with van der Waals surface area (Å²) in [6.45, 7) is 4.22. The van der Waals surface area contributed by atoms with Crippen LogP contribution in [-0.4, -0.2) is 42.6 Å². The van der Waals surface area contributed by atoms with Gasteiger partial charge in [0.15, 0.2) is 6.61 Å². The average Bonchev–Trinajstić information content (AvgIpc) is 3.08. The molecule has 0 atom stereocenters. The minimum Gasteiger partial charge on any atom is -0.490 e. The first-order valence-corrected chi connectivity index (χ1v) is 9.84. The lowest BCUT2D eigenvalue weighted by atomic mass is 10.1. The van der Waals surface area contributed by atoms with Crippen LogP contribution >= 0.6 is 0 Å². The Labute approximate surface area is 168 Å². The third kappa shape index (κ3) is 3.35. The van der Waals surface area contributed by atoms with E-state index in [9.17, 15) is 9.59 Å². The molecule has 1 saturated heterocycles. The molecule has 150 valence electrons. The van der Waals surface area contributed by atoms with Crippen molar-refractivity contribution in [2.45, 2.75) is 32.4 Å². The average molecular weight is 394 g/mol. The fraction of sp³-hybridized carbons (Fsp3) is 0.381. The summed E-state index contributed by atoms with van der Waals surface area (Å²) in [6.07, 6.45) is 1.87. The minimum absolute atomic E-state index is 0.0308. The van der Waals surface area contributed by atoms with Gasteiger partial charge in [-0.1, -0.05) is 0 Å². The van der Waals surface area contributed by atoms with Gasteiger partial charge in [-0.25, -0.2) is 4.98 Å². The lowest BCUT2D eigenvalue weighted by Gasteiger charge is -2.34. The molecule has 0 saturated carbocycles. The molecule has 4 heterocycles. The molecule has 2 N–H and O–H groups in total. The second-order valence-corrected chi connectivity index (χ2v) is 7.60. The van der Waals surface area contributed by atoms with Crippen molar-refractivity contribution >= 4 is 23.3 Å². The van der Waals surface area contributed by atoms with Gasteiger partial charge in [-0.2, -0.15) is 0 Å². The monoisotopic (exact) mass is 394 g/mol. The Morgan fingerprint density at radius 3 is 2.86 bits per heavy atom. The largest absolute Gasteiger partial charge is 0.490 e. The number of anilines is 2. The molecule has 3 aliphatic heterocycles. The number of aryl methyl sites for hydroxylation is 1. The highest BCUT2D eigenvalue weighted by Gasteiger charge is 2.27. The van der Waals surface area contributed by atoms with Crippen molar-refractivity contribution in [3.8, 4) is 11.5 Å². The van der Waals surface area contributed by atoms with E-state index in [0.29, 0.717) is 23.5 Å². The number of amides is 2. The van der Waals surface area contributed by atoms with Crippen LogP contribution < -0.4 is 25.0 Å². The molecule has 2 aromatic rings. The van der Waals surface area contributed by atoms with E-state index in [1.165, 1.54) is 0 Å². The molecule has 0 unspecified atom stereocenters. The summed E-state index contributed by atoms with van der Waals surface area (Å²) in [5, 5.41) is 5.61. The normalized spacial score (nSPS) is 18.4. The number of ether oxygens (including phenoxy) is 2. The highest BCUT2D eigenvalue weighted by Crippen LogP contribution is 2.33. The van der Waals surface area contributed by atoms with Crippen LogP contribution in [0.5, 0.6) is 11.5 Å². The number of benzene rings is 1. The summed E-state index contributed by atoms with van der Waals surface area (Å²) in [5.41, 5.74) is 3.22. The maximum atomic E-state index is 11.8. The van der Waals surface area contributed by atoms with E-state index in [0.717, 1.165) is 48.8 Å². The predicted octanol–water partition coefficient (Wildman–Crippen LogP) is 2.01. The molecule has 3 aliphatic rings. The van der Waals surface area contributed by atoms with Gasteiger partial charge >= 0.3 is 0 Å². The Morgan fingerprint density at radius 1 is 1.21 bits per heavy atom. The van der Waals surface area contributed by atoms with Gasteiger partial charge in [-0.05, 0) is 30.7 Å².